The highest BCUT2D eigenvalue weighted by Crippen LogP contribution is 2.39. The zero-order chi connectivity index (χ0) is 26.1. The number of hydrogen-bond donors (Lipinski definition) is 3. The van der Waals surface area contributed by atoms with E-state index >= 15 is 0 Å². The molecule has 4 aromatic rings. The predicted molar refractivity (Wildman–Crippen MR) is 145 cm³/mol. The minimum absolute atomic E-state index is 0.259. The number of nitrogens with one attached hydrogen (secondary N) is 3. The molecule has 3 aromatic carbocycles. The van der Waals surface area contributed by atoms with E-state index in [1.807, 2.05) is 49.4 Å². The third kappa shape index (κ3) is 4.90. The van der Waals surface area contributed by atoms with E-state index in [-0.39, 0.29) is 16.3 Å². The number of aryl methyl sites for hydroxylation is 1. The quantitative estimate of drug-likeness (QED) is 0.269. The number of carbonyl (C=O) groups excluding carboxylic acids is 2. The highest BCUT2D eigenvalue weighted by Gasteiger charge is 2.35. The number of benzene rings is 3. The van der Waals surface area contributed by atoms with Gasteiger partial charge in [0.1, 0.15) is 23.2 Å². The highest BCUT2D eigenvalue weighted by molar-refractivity contribution is 9.10. The van der Waals surface area contributed by atoms with Crippen molar-refractivity contribution in [2.45, 2.75) is 19.9 Å². The first-order chi connectivity index (χ1) is 17.8. The van der Waals surface area contributed by atoms with E-state index < -0.39 is 11.9 Å². The van der Waals surface area contributed by atoms with Gasteiger partial charge in [-0.1, -0.05) is 42.0 Å². The van der Waals surface area contributed by atoms with E-state index in [4.69, 9.17) is 0 Å². The summed E-state index contributed by atoms with van der Waals surface area (Å²) >= 11 is 3.25. The van der Waals surface area contributed by atoms with Gasteiger partial charge in [-0.25, -0.2) is 9.07 Å². The van der Waals surface area contributed by atoms with Crippen LogP contribution < -0.4 is 16.0 Å². The number of aromatic nitrogens is 2. The smallest absolute Gasteiger partial charge is 0.261 e. The molecule has 37 heavy (non-hydrogen) atoms. The fourth-order valence-corrected chi connectivity index (χ4v) is 4.66. The maximum Gasteiger partial charge on any atom is 0.261 e. The predicted octanol–water partition coefficient (Wildman–Crippen LogP) is 6.27. The van der Waals surface area contributed by atoms with Gasteiger partial charge in [0.25, 0.3) is 11.8 Å². The molecule has 7 nitrogen and oxygen atoms in total. The summed E-state index contributed by atoms with van der Waals surface area (Å²) in [4.78, 5) is 26.7. The number of allylic oxidation sites excluding steroid dienone is 1. The Labute approximate surface area is 221 Å². The van der Waals surface area contributed by atoms with Gasteiger partial charge in [0.05, 0.1) is 16.2 Å². The normalized spacial score (nSPS) is 14.5. The van der Waals surface area contributed by atoms with Gasteiger partial charge in [-0.2, -0.15) is 5.10 Å². The van der Waals surface area contributed by atoms with E-state index in [0.717, 1.165) is 5.56 Å². The number of nitrogens with zero attached hydrogens (tertiary/aromatic N) is 2. The molecule has 0 aliphatic carbocycles. The van der Waals surface area contributed by atoms with Gasteiger partial charge in [0, 0.05) is 17.1 Å². The van der Waals surface area contributed by atoms with Crippen molar-refractivity contribution in [1.82, 2.24) is 9.78 Å². The van der Waals surface area contributed by atoms with Crippen molar-refractivity contribution < 1.29 is 14.0 Å². The maximum absolute atomic E-state index is 14.1. The lowest BCUT2D eigenvalue weighted by molar-refractivity contribution is -0.113. The molecule has 3 N–H and O–H groups in total. The summed E-state index contributed by atoms with van der Waals surface area (Å²) in [5.41, 5.74) is 4.25. The summed E-state index contributed by atoms with van der Waals surface area (Å²) in [5.74, 6) is -0.675. The SMILES string of the molecule is CC1=C(C(=O)Nc2ccccc2)[C@@H](c2ccc(F)c(Br)c2)n2ncc(C(=O)Nc3ccc(C)cc3)c2N1. The summed E-state index contributed by atoms with van der Waals surface area (Å²) in [6.07, 6.45) is 1.46. The number of hydrogen-bond acceptors (Lipinski definition) is 4. The average Bonchev–Trinajstić information content (AvgIpc) is 3.30. The molecule has 0 fully saturated rings. The first-order valence-electron chi connectivity index (χ1n) is 11.6. The molecule has 9 heteroatoms. The molecule has 0 unspecified atom stereocenters. The van der Waals surface area contributed by atoms with Crippen LogP contribution in [-0.4, -0.2) is 21.6 Å². The zero-order valence-electron chi connectivity index (χ0n) is 20.0. The molecule has 0 spiro atoms. The molecular formula is C28H23BrFN5O2. The van der Waals surface area contributed by atoms with Crippen LogP contribution in [0.15, 0.2) is 94.7 Å². The molecular weight excluding hydrogens is 537 g/mol. The summed E-state index contributed by atoms with van der Waals surface area (Å²) in [7, 11) is 0. The Kier molecular flexibility index (Phi) is 6.62. The van der Waals surface area contributed by atoms with Crippen molar-refractivity contribution in [2.75, 3.05) is 16.0 Å². The summed E-state index contributed by atoms with van der Waals surface area (Å²) in [5, 5.41) is 13.5. The number of fused-ring (bicyclic) bond motifs is 1. The van der Waals surface area contributed by atoms with Crippen LogP contribution in [0.3, 0.4) is 0 Å². The van der Waals surface area contributed by atoms with Crippen LogP contribution in [0.5, 0.6) is 0 Å². The molecule has 5 rings (SSSR count). The molecule has 0 saturated carbocycles. The van der Waals surface area contributed by atoms with Crippen molar-refractivity contribution in [3.8, 4) is 0 Å². The number of para-hydroxylation sites is 1. The fraction of sp³-hybridized carbons (Fsp3) is 0.107. The van der Waals surface area contributed by atoms with Crippen molar-refractivity contribution in [1.29, 1.82) is 0 Å². The molecule has 0 saturated heterocycles. The highest BCUT2D eigenvalue weighted by atomic mass is 79.9. The fourth-order valence-electron chi connectivity index (χ4n) is 4.26. The van der Waals surface area contributed by atoms with Gasteiger partial charge in [-0.3, -0.25) is 9.59 Å². The first-order valence-corrected chi connectivity index (χ1v) is 12.4. The molecule has 0 bridgehead atoms. The Morgan fingerprint density at radius 1 is 0.946 bits per heavy atom. The first kappa shape index (κ1) is 24.5. The maximum atomic E-state index is 14.1. The average molecular weight is 560 g/mol. The van der Waals surface area contributed by atoms with Crippen molar-refractivity contribution in [3.05, 3.63) is 117 Å². The van der Waals surface area contributed by atoms with Gasteiger partial charge >= 0.3 is 0 Å². The lowest BCUT2D eigenvalue weighted by Gasteiger charge is -2.30. The van der Waals surface area contributed by atoms with E-state index in [1.165, 1.54) is 12.3 Å². The second kappa shape index (κ2) is 10.0. The van der Waals surface area contributed by atoms with Crippen LogP contribution in [0, 0.1) is 12.7 Å². The zero-order valence-corrected chi connectivity index (χ0v) is 21.6. The van der Waals surface area contributed by atoms with Gasteiger partial charge in [-0.05, 0) is 71.7 Å². The number of anilines is 3. The van der Waals surface area contributed by atoms with Crippen molar-refractivity contribution >= 4 is 44.9 Å². The molecule has 1 aliphatic heterocycles. The number of halogens is 2. The van der Waals surface area contributed by atoms with Crippen molar-refractivity contribution in [3.63, 3.8) is 0 Å². The lowest BCUT2D eigenvalue weighted by atomic mass is 9.94. The third-order valence-electron chi connectivity index (χ3n) is 6.11. The Bertz CT molecular complexity index is 1530. The van der Waals surface area contributed by atoms with E-state index in [1.54, 1.807) is 35.9 Å². The Balaban J connectivity index is 1.55. The molecule has 186 valence electrons. The molecule has 1 atom stereocenters. The van der Waals surface area contributed by atoms with Crippen LogP contribution in [0.1, 0.15) is 34.5 Å². The summed E-state index contributed by atoms with van der Waals surface area (Å²) in [6.45, 7) is 3.74. The molecule has 1 aromatic heterocycles. The van der Waals surface area contributed by atoms with Crippen LogP contribution in [0.2, 0.25) is 0 Å². The van der Waals surface area contributed by atoms with Crippen LogP contribution in [0.25, 0.3) is 0 Å². The van der Waals surface area contributed by atoms with E-state index in [2.05, 4.69) is 37.0 Å². The second-order valence-corrected chi connectivity index (χ2v) is 9.59. The van der Waals surface area contributed by atoms with E-state index in [9.17, 15) is 14.0 Å². The van der Waals surface area contributed by atoms with Gasteiger partial charge in [0.2, 0.25) is 0 Å². The van der Waals surface area contributed by atoms with Crippen LogP contribution in [0.4, 0.5) is 21.6 Å². The Morgan fingerprint density at radius 2 is 1.62 bits per heavy atom. The van der Waals surface area contributed by atoms with Gasteiger partial charge in [-0.15, -0.1) is 0 Å². The number of rotatable bonds is 5. The number of amides is 2. The Morgan fingerprint density at radius 3 is 2.32 bits per heavy atom. The molecule has 2 heterocycles. The van der Waals surface area contributed by atoms with Gasteiger partial charge < -0.3 is 16.0 Å². The van der Waals surface area contributed by atoms with Gasteiger partial charge in [0.15, 0.2) is 0 Å². The monoisotopic (exact) mass is 559 g/mol. The molecule has 2 amide bonds. The minimum atomic E-state index is -0.710. The summed E-state index contributed by atoms with van der Waals surface area (Å²) in [6, 6.07) is 20.4. The second-order valence-electron chi connectivity index (χ2n) is 8.73. The largest absolute Gasteiger partial charge is 0.343 e. The minimum Gasteiger partial charge on any atom is -0.343 e. The standard InChI is InChI=1S/C28H23BrFN5O2/c1-16-8-11-20(12-9-16)33-27(36)21-15-31-35-25(18-10-13-23(30)22(29)14-18)24(17(2)32-26(21)35)28(37)34-19-6-4-3-5-7-19/h3-15,25,32H,1-2H3,(H,33,36)(H,34,37)/t25-/m1/s1. The molecule has 0 radical (unpaired) electrons. The molecule has 1 aliphatic rings. The lowest BCUT2D eigenvalue weighted by Crippen LogP contribution is -2.32. The third-order valence-corrected chi connectivity index (χ3v) is 6.72. The van der Waals surface area contributed by atoms with Crippen molar-refractivity contribution in [2.24, 2.45) is 0 Å². The van der Waals surface area contributed by atoms with Crippen LogP contribution >= 0.6 is 15.9 Å². The van der Waals surface area contributed by atoms with E-state index in [0.29, 0.717) is 39.6 Å². The Hall–Kier alpha value is -4.24. The topological polar surface area (TPSA) is 88.0 Å². The number of carbonyl (C=O) groups is 2. The summed E-state index contributed by atoms with van der Waals surface area (Å²) < 4.78 is 15.9. The van der Waals surface area contributed by atoms with Crippen LogP contribution in [-0.2, 0) is 4.79 Å².